The van der Waals surface area contributed by atoms with Crippen molar-refractivity contribution in [1.82, 2.24) is 0 Å². The molecule has 0 aliphatic carbocycles. The van der Waals surface area contributed by atoms with E-state index >= 15 is 0 Å². The molecule has 0 fully saturated rings. The molecule has 2 aromatic carbocycles. The number of halogens is 2. The Labute approximate surface area is 139 Å². The molecular formula is C16H16Cl2PSe+. The van der Waals surface area contributed by atoms with Gasteiger partial charge in [-0.3, -0.25) is 0 Å². The summed E-state index contributed by atoms with van der Waals surface area (Å²) >= 11 is 15.1. The van der Waals surface area contributed by atoms with Gasteiger partial charge < -0.3 is 0 Å². The summed E-state index contributed by atoms with van der Waals surface area (Å²) in [4.78, 5) is 0. The van der Waals surface area contributed by atoms with Crippen molar-refractivity contribution < 1.29 is 0 Å². The van der Waals surface area contributed by atoms with Gasteiger partial charge >= 0.3 is 139 Å². The molecule has 0 bridgehead atoms. The summed E-state index contributed by atoms with van der Waals surface area (Å²) in [5.74, 6) is 0. The third-order valence-corrected chi connectivity index (χ3v) is 7.37. The van der Waals surface area contributed by atoms with E-state index in [1.54, 1.807) is 0 Å². The Kier molecular flexibility index (Phi) is 6.75. The van der Waals surface area contributed by atoms with Gasteiger partial charge in [0.2, 0.25) is 0 Å². The van der Waals surface area contributed by atoms with Crippen LogP contribution in [0.25, 0.3) is 0 Å². The monoisotopic (exact) mass is 389 g/mol. The Morgan fingerprint density at radius 2 is 1.05 bits per heavy atom. The summed E-state index contributed by atoms with van der Waals surface area (Å²) in [6, 6.07) is 16.3. The predicted molar refractivity (Wildman–Crippen MR) is 92.7 cm³/mol. The second kappa shape index (κ2) is 8.32. The van der Waals surface area contributed by atoms with Crippen molar-refractivity contribution in [2.75, 3.05) is 12.3 Å². The van der Waals surface area contributed by atoms with Gasteiger partial charge in [0.15, 0.2) is 0 Å². The Morgan fingerprint density at radius 3 is 1.40 bits per heavy atom. The first-order valence-corrected chi connectivity index (χ1v) is 11.2. The SMILES string of the molecule is Clc1ccc(CC[P+](=[Se])CCc2ccc(Cl)cc2)cc1. The fourth-order valence-electron chi connectivity index (χ4n) is 1.92. The number of hydrogen-bond donors (Lipinski definition) is 0. The minimum absolute atomic E-state index is 0.0342. The molecule has 0 unspecified atom stereocenters. The summed E-state index contributed by atoms with van der Waals surface area (Å²) < 4.78 is 0. The Balaban J connectivity index is 1.75. The van der Waals surface area contributed by atoms with Crippen molar-refractivity contribution in [1.29, 1.82) is 0 Å². The molecule has 0 spiro atoms. The summed E-state index contributed by atoms with van der Waals surface area (Å²) in [5.41, 5.74) is 2.73. The Morgan fingerprint density at radius 1 is 0.700 bits per heavy atom. The fraction of sp³-hybridized carbons (Fsp3) is 0.250. The standard InChI is InChI=1S/C16H16Cl2PSe/c17-15-5-1-13(2-6-15)9-11-19(20)12-10-14-3-7-16(18)8-4-14/h1-8H,9-12H2/q+1. The summed E-state index contributed by atoms with van der Waals surface area (Å²) in [6.07, 6.45) is 4.66. The molecule has 0 radical (unpaired) electrons. The fourth-order valence-corrected chi connectivity index (χ4v) is 4.56. The van der Waals surface area contributed by atoms with Crippen LogP contribution in [0.1, 0.15) is 11.1 Å². The molecule has 4 heteroatoms. The van der Waals surface area contributed by atoms with E-state index in [-0.39, 0.29) is 6.17 Å². The predicted octanol–water partition coefficient (Wildman–Crippen LogP) is 5.34. The van der Waals surface area contributed by atoms with Crippen LogP contribution in [0.4, 0.5) is 0 Å². The molecule has 2 rings (SSSR count). The van der Waals surface area contributed by atoms with Gasteiger partial charge in [-0.25, -0.2) is 0 Å². The van der Waals surface area contributed by atoms with E-state index in [2.05, 4.69) is 39.4 Å². The minimum atomic E-state index is -0.0342. The van der Waals surface area contributed by atoms with Crippen LogP contribution < -0.4 is 0 Å². The van der Waals surface area contributed by atoms with Gasteiger partial charge in [-0.15, -0.1) is 0 Å². The first-order valence-electron chi connectivity index (χ1n) is 6.54. The normalized spacial score (nSPS) is 10.5. The molecule has 0 N–H and O–H groups in total. The van der Waals surface area contributed by atoms with Gasteiger partial charge in [-0.1, -0.05) is 0 Å². The van der Waals surface area contributed by atoms with Crippen LogP contribution in [-0.2, 0) is 12.8 Å². The van der Waals surface area contributed by atoms with Gasteiger partial charge in [0, 0.05) is 0 Å². The maximum absolute atomic E-state index is 5.89. The molecule has 0 saturated heterocycles. The van der Waals surface area contributed by atoms with Crippen molar-refractivity contribution in [3.05, 3.63) is 69.7 Å². The van der Waals surface area contributed by atoms with Crippen LogP contribution in [0.5, 0.6) is 0 Å². The molecule has 0 nitrogen and oxygen atoms in total. The first-order chi connectivity index (χ1) is 9.63. The topological polar surface area (TPSA) is 0 Å². The molecule has 0 aromatic heterocycles. The van der Waals surface area contributed by atoms with Gasteiger partial charge in [0.1, 0.15) is 0 Å². The van der Waals surface area contributed by atoms with E-state index < -0.39 is 0 Å². The second-order valence-corrected chi connectivity index (χ2v) is 10.7. The molecule has 0 saturated carbocycles. The molecule has 0 heterocycles. The third kappa shape index (κ3) is 5.68. The molecule has 2 aromatic rings. The number of benzene rings is 2. The molecule has 20 heavy (non-hydrogen) atoms. The summed E-state index contributed by atoms with van der Waals surface area (Å²) in [7, 11) is 0. The van der Waals surface area contributed by atoms with Crippen LogP contribution in [0.15, 0.2) is 48.5 Å². The second-order valence-electron chi connectivity index (χ2n) is 4.68. The van der Waals surface area contributed by atoms with Crippen LogP contribution in [0, 0.1) is 0 Å². The van der Waals surface area contributed by atoms with Gasteiger partial charge in [-0.05, 0) is 0 Å². The van der Waals surface area contributed by atoms with Crippen molar-refractivity contribution in [3.63, 3.8) is 0 Å². The van der Waals surface area contributed by atoms with E-state index in [0.717, 1.165) is 22.9 Å². The first kappa shape index (κ1) is 16.2. The van der Waals surface area contributed by atoms with Crippen molar-refractivity contribution in [2.45, 2.75) is 12.8 Å². The summed E-state index contributed by atoms with van der Waals surface area (Å²) in [6.45, 7) is 0. The van der Waals surface area contributed by atoms with Crippen LogP contribution >= 0.6 is 29.4 Å². The Hall–Kier alpha value is -0.161. The van der Waals surface area contributed by atoms with E-state index in [9.17, 15) is 0 Å². The average Bonchev–Trinajstić information content (AvgIpc) is 2.46. The number of aryl methyl sites for hydroxylation is 2. The average molecular weight is 389 g/mol. The molecule has 0 aliphatic heterocycles. The van der Waals surface area contributed by atoms with Crippen molar-refractivity contribution in [3.8, 4) is 0 Å². The Bertz CT molecular complexity index is 513. The molecule has 0 atom stereocenters. The van der Waals surface area contributed by atoms with Crippen molar-refractivity contribution >= 4 is 44.5 Å². The molecule has 0 aliphatic rings. The molecule has 0 amide bonds. The van der Waals surface area contributed by atoms with Crippen LogP contribution in [0.2, 0.25) is 10.0 Å². The van der Waals surface area contributed by atoms with Crippen LogP contribution in [-0.4, -0.2) is 27.4 Å². The van der Waals surface area contributed by atoms with E-state index in [1.165, 1.54) is 23.5 Å². The van der Waals surface area contributed by atoms with E-state index in [4.69, 9.17) is 23.2 Å². The summed E-state index contributed by atoms with van der Waals surface area (Å²) in [5, 5.41) is 1.61. The van der Waals surface area contributed by atoms with Gasteiger partial charge in [-0.2, -0.15) is 0 Å². The third-order valence-electron chi connectivity index (χ3n) is 3.13. The van der Waals surface area contributed by atoms with E-state index in [0.29, 0.717) is 0 Å². The zero-order chi connectivity index (χ0) is 14.4. The maximum atomic E-state index is 5.89. The van der Waals surface area contributed by atoms with Crippen LogP contribution in [0.3, 0.4) is 0 Å². The van der Waals surface area contributed by atoms with E-state index in [1.807, 2.05) is 24.3 Å². The zero-order valence-electron chi connectivity index (χ0n) is 11.1. The van der Waals surface area contributed by atoms with Crippen molar-refractivity contribution in [2.24, 2.45) is 0 Å². The molecular weight excluding hydrogens is 373 g/mol. The number of rotatable bonds is 6. The van der Waals surface area contributed by atoms with Gasteiger partial charge in [0.25, 0.3) is 0 Å². The molecule has 104 valence electrons. The quantitative estimate of drug-likeness (QED) is 0.462. The zero-order valence-corrected chi connectivity index (χ0v) is 15.2. The van der Waals surface area contributed by atoms with Gasteiger partial charge in [0.05, 0.1) is 0 Å². The number of hydrogen-bond acceptors (Lipinski definition) is 0.